The maximum absolute atomic E-state index is 10.3. The van der Waals surface area contributed by atoms with Crippen molar-refractivity contribution in [3.8, 4) is 5.92 Å². The number of rotatable bonds is 1. The van der Waals surface area contributed by atoms with Crippen LogP contribution >= 0.6 is 0 Å². The summed E-state index contributed by atoms with van der Waals surface area (Å²) in [6.45, 7) is 0. The van der Waals surface area contributed by atoms with Gasteiger partial charge in [0.1, 0.15) is 0 Å². The first-order chi connectivity index (χ1) is 5.24. The molecule has 0 saturated carbocycles. The minimum Gasteiger partial charge on any atom is -0.478 e. The van der Waals surface area contributed by atoms with Gasteiger partial charge in [0.05, 0.1) is 5.56 Å². The van der Waals surface area contributed by atoms with E-state index in [9.17, 15) is 4.79 Å². The molecule has 12 heavy (non-hydrogen) atoms. The molecule has 1 aromatic rings. The summed E-state index contributed by atoms with van der Waals surface area (Å²) < 4.78 is 0. The third-order valence-corrected chi connectivity index (χ3v) is 1.28. The van der Waals surface area contributed by atoms with Gasteiger partial charge in [-0.3, -0.25) is 5.92 Å². The van der Waals surface area contributed by atoms with Gasteiger partial charge < -0.3 is 11.5 Å². The molecule has 0 fully saturated rings. The average molecular weight is 184 g/mol. The zero-order valence-corrected chi connectivity index (χ0v) is 9.79. The zero-order valence-electron chi connectivity index (χ0n) is 6.66. The minimum absolute atomic E-state index is 0. The quantitative estimate of drug-likeness (QED) is 0.322. The maximum Gasteiger partial charge on any atom is 1.00 e. The molecular weight excluding hydrogens is 179 g/mol. The molecule has 54 valence electrons. The maximum atomic E-state index is 10.3. The summed E-state index contributed by atoms with van der Waals surface area (Å²) in [4.78, 5) is 10.3. The SMILES string of the molecule is [C-]#Cc1ccc(C(=O)O)cc1.[K+]. The first-order valence-corrected chi connectivity index (χ1v) is 3.00. The van der Waals surface area contributed by atoms with Crippen LogP contribution in [0.2, 0.25) is 0 Å². The number of carbonyl (C=O) groups is 1. The minimum atomic E-state index is -0.957. The molecule has 0 aromatic heterocycles. The average Bonchev–Trinajstić information content (AvgIpc) is 2.05. The van der Waals surface area contributed by atoms with Crippen molar-refractivity contribution in [2.24, 2.45) is 0 Å². The fourth-order valence-electron chi connectivity index (χ4n) is 0.696. The number of carboxylic acids is 1. The topological polar surface area (TPSA) is 37.3 Å². The third-order valence-electron chi connectivity index (χ3n) is 1.28. The molecule has 0 bridgehead atoms. The molecule has 3 heteroatoms. The van der Waals surface area contributed by atoms with Crippen molar-refractivity contribution in [1.29, 1.82) is 0 Å². The van der Waals surface area contributed by atoms with Crippen LogP contribution in [0.3, 0.4) is 0 Å². The van der Waals surface area contributed by atoms with E-state index in [0.717, 1.165) is 0 Å². The smallest absolute Gasteiger partial charge is 0.478 e. The summed E-state index contributed by atoms with van der Waals surface area (Å²) in [7, 11) is 0. The second-order valence-corrected chi connectivity index (χ2v) is 2.01. The molecule has 0 unspecified atom stereocenters. The van der Waals surface area contributed by atoms with E-state index in [4.69, 9.17) is 11.5 Å². The fraction of sp³-hybridized carbons (Fsp3) is 0. The fourth-order valence-corrected chi connectivity index (χ4v) is 0.696. The molecule has 0 amide bonds. The Morgan fingerprint density at radius 2 is 1.83 bits per heavy atom. The molecule has 0 aliphatic carbocycles. The van der Waals surface area contributed by atoms with Crippen LogP contribution in [0.25, 0.3) is 0 Å². The van der Waals surface area contributed by atoms with Gasteiger partial charge in [-0.1, -0.05) is 12.1 Å². The Balaban J connectivity index is 0.00000121. The summed E-state index contributed by atoms with van der Waals surface area (Å²) in [5.41, 5.74) is 0.805. The summed E-state index contributed by atoms with van der Waals surface area (Å²) in [6.07, 6.45) is 6.72. The summed E-state index contributed by atoms with van der Waals surface area (Å²) >= 11 is 0. The van der Waals surface area contributed by atoms with Crippen LogP contribution in [-0.4, -0.2) is 11.1 Å². The number of hydrogen-bond acceptors (Lipinski definition) is 1. The standard InChI is InChI=1S/C9H5O2.K/c1-2-7-3-5-8(6-4-7)9(10)11;/h3-6H,(H,10,11);/q-1;+1. The van der Waals surface area contributed by atoms with Crippen LogP contribution in [-0.2, 0) is 0 Å². The molecule has 0 radical (unpaired) electrons. The van der Waals surface area contributed by atoms with Gasteiger partial charge in [0.15, 0.2) is 0 Å². The third kappa shape index (κ3) is 3.09. The predicted molar refractivity (Wildman–Crippen MR) is 39.6 cm³/mol. The van der Waals surface area contributed by atoms with Gasteiger partial charge in [-0.05, 0) is 0 Å². The van der Waals surface area contributed by atoms with E-state index < -0.39 is 5.97 Å². The molecule has 0 spiro atoms. The first kappa shape index (κ1) is 11.9. The number of carboxylic acid groups (broad SMARTS) is 1. The Bertz CT molecular complexity index is 308. The normalized spacial score (nSPS) is 7.92. The zero-order chi connectivity index (χ0) is 8.27. The van der Waals surface area contributed by atoms with Gasteiger partial charge in [-0.15, -0.1) is 17.7 Å². The van der Waals surface area contributed by atoms with Crippen molar-refractivity contribution in [2.75, 3.05) is 0 Å². The Morgan fingerprint density at radius 1 is 1.33 bits per heavy atom. The molecule has 0 aliphatic heterocycles. The Labute approximate surface area is 113 Å². The Kier molecular flexibility index (Phi) is 5.47. The van der Waals surface area contributed by atoms with E-state index in [-0.39, 0.29) is 56.9 Å². The van der Waals surface area contributed by atoms with Crippen molar-refractivity contribution in [3.63, 3.8) is 0 Å². The molecule has 0 atom stereocenters. The number of hydrogen-bond donors (Lipinski definition) is 1. The van der Waals surface area contributed by atoms with Crippen molar-refractivity contribution in [2.45, 2.75) is 0 Å². The first-order valence-electron chi connectivity index (χ1n) is 3.00. The predicted octanol–water partition coefficient (Wildman–Crippen LogP) is -1.67. The van der Waals surface area contributed by atoms with Gasteiger partial charge in [0.25, 0.3) is 0 Å². The van der Waals surface area contributed by atoms with Crippen LogP contribution in [0.1, 0.15) is 15.9 Å². The van der Waals surface area contributed by atoms with Crippen molar-refractivity contribution >= 4 is 5.97 Å². The van der Waals surface area contributed by atoms with E-state index in [1.807, 2.05) is 0 Å². The van der Waals surface area contributed by atoms with Gasteiger partial charge in [0, 0.05) is 0 Å². The van der Waals surface area contributed by atoms with E-state index in [1.54, 1.807) is 0 Å². The van der Waals surface area contributed by atoms with Crippen molar-refractivity contribution in [3.05, 3.63) is 41.8 Å². The Morgan fingerprint density at radius 3 is 2.17 bits per heavy atom. The van der Waals surface area contributed by atoms with Gasteiger partial charge in [-0.2, -0.15) is 0 Å². The van der Waals surface area contributed by atoms with Gasteiger partial charge in [0.2, 0.25) is 0 Å². The van der Waals surface area contributed by atoms with E-state index >= 15 is 0 Å². The molecule has 1 aromatic carbocycles. The Hall–Kier alpha value is -0.114. The molecule has 1 rings (SSSR count). The van der Waals surface area contributed by atoms with Crippen LogP contribution in [0, 0.1) is 12.3 Å². The van der Waals surface area contributed by atoms with Crippen LogP contribution in [0.15, 0.2) is 24.3 Å². The summed E-state index contributed by atoms with van der Waals surface area (Å²) in [5, 5.41) is 8.48. The second kappa shape index (κ2) is 5.52. The summed E-state index contributed by atoms with van der Waals surface area (Å²) in [5.74, 6) is 1.19. The van der Waals surface area contributed by atoms with Gasteiger partial charge in [-0.25, -0.2) is 4.79 Å². The molecule has 1 N–H and O–H groups in total. The molecular formula is C9H5KO2. The van der Waals surface area contributed by atoms with Gasteiger partial charge >= 0.3 is 57.4 Å². The summed E-state index contributed by atoms with van der Waals surface area (Å²) in [6, 6.07) is 5.96. The molecule has 0 heterocycles. The van der Waals surface area contributed by atoms with E-state index in [2.05, 4.69) is 5.92 Å². The monoisotopic (exact) mass is 184 g/mol. The van der Waals surface area contributed by atoms with Crippen molar-refractivity contribution in [1.82, 2.24) is 0 Å². The molecule has 2 nitrogen and oxygen atoms in total. The number of aromatic carboxylic acids is 1. The van der Waals surface area contributed by atoms with E-state index in [1.165, 1.54) is 24.3 Å². The van der Waals surface area contributed by atoms with Crippen LogP contribution in [0.4, 0.5) is 0 Å². The number of benzene rings is 1. The van der Waals surface area contributed by atoms with E-state index in [0.29, 0.717) is 5.56 Å². The van der Waals surface area contributed by atoms with Crippen LogP contribution < -0.4 is 51.4 Å². The second-order valence-electron chi connectivity index (χ2n) is 2.01. The molecule has 0 aliphatic rings. The van der Waals surface area contributed by atoms with Crippen molar-refractivity contribution < 1.29 is 61.3 Å². The largest absolute Gasteiger partial charge is 1.00 e. The molecule has 0 saturated heterocycles. The van der Waals surface area contributed by atoms with Crippen LogP contribution in [0.5, 0.6) is 0 Å².